The number of fused-ring (bicyclic) bond motifs is 2. The van der Waals surface area contributed by atoms with Crippen LogP contribution in [0.25, 0.3) is 21.9 Å². The highest BCUT2D eigenvalue weighted by Crippen LogP contribution is 2.22. The van der Waals surface area contributed by atoms with Crippen LogP contribution in [-0.4, -0.2) is 30.0 Å². The Labute approximate surface area is 162 Å². The van der Waals surface area contributed by atoms with Crippen molar-refractivity contribution >= 4 is 57.0 Å². The van der Waals surface area contributed by atoms with Crippen molar-refractivity contribution in [2.24, 2.45) is 0 Å². The van der Waals surface area contributed by atoms with Crippen LogP contribution >= 0.6 is 23.5 Å². The summed E-state index contributed by atoms with van der Waals surface area (Å²) in [6, 6.07) is 12.7. The first-order valence-corrected chi connectivity index (χ1v) is 10.0. The molecule has 0 aliphatic rings. The number of aromatic nitrogens is 4. The third-order valence-electron chi connectivity index (χ3n) is 4.04. The predicted molar refractivity (Wildman–Crippen MR) is 108 cm³/mol. The molecule has 4 rings (SSSR count). The smallest absolute Gasteiger partial charge is 0.262 e. The van der Waals surface area contributed by atoms with Crippen molar-refractivity contribution in [3.63, 3.8) is 0 Å². The number of nitrogens with zero attached hydrogens (tertiary/aromatic N) is 4. The van der Waals surface area contributed by atoms with Gasteiger partial charge in [-0.15, -0.1) is 0 Å². The molecule has 0 saturated carbocycles. The second kappa shape index (κ2) is 7.45. The molecule has 0 bridgehead atoms. The van der Waals surface area contributed by atoms with E-state index in [1.807, 2.05) is 31.2 Å². The van der Waals surface area contributed by atoms with Crippen LogP contribution in [0.15, 0.2) is 52.4 Å². The molecule has 27 heavy (non-hydrogen) atoms. The molecule has 7 nitrogen and oxygen atoms in total. The largest absolute Gasteiger partial charge is 0.323 e. The minimum atomic E-state index is -0.189. The van der Waals surface area contributed by atoms with E-state index in [1.54, 1.807) is 22.8 Å². The lowest BCUT2D eigenvalue weighted by atomic mass is 10.2. The van der Waals surface area contributed by atoms with Gasteiger partial charge in [-0.2, -0.15) is 8.75 Å². The Morgan fingerprint density at radius 1 is 1.15 bits per heavy atom. The Kier molecular flexibility index (Phi) is 4.87. The Morgan fingerprint density at radius 3 is 2.81 bits per heavy atom. The van der Waals surface area contributed by atoms with E-state index in [4.69, 9.17) is 0 Å². The van der Waals surface area contributed by atoms with E-state index in [-0.39, 0.29) is 17.2 Å². The summed E-state index contributed by atoms with van der Waals surface area (Å²) in [5, 5.41) is 3.97. The van der Waals surface area contributed by atoms with E-state index in [0.717, 1.165) is 17.2 Å². The fourth-order valence-corrected chi connectivity index (χ4v) is 4.17. The van der Waals surface area contributed by atoms with E-state index in [2.05, 4.69) is 19.0 Å². The number of nitrogens with one attached hydrogen (secondary N) is 1. The molecular weight excluding hydrogens is 382 g/mol. The van der Waals surface area contributed by atoms with Gasteiger partial charge in [-0.25, -0.2) is 4.98 Å². The van der Waals surface area contributed by atoms with Crippen LogP contribution in [0.1, 0.15) is 6.92 Å². The van der Waals surface area contributed by atoms with Crippen molar-refractivity contribution in [3.05, 3.63) is 52.8 Å². The van der Waals surface area contributed by atoms with E-state index in [0.29, 0.717) is 33.8 Å². The third-order valence-corrected chi connectivity index (χ3v) is 5.55. The molecule has 0 atom stereocenters. The highest BCUT2D eigenvalue weighted by molar-refractivity contribution is 7.99. The summed E-state index contributed by atoms with van der Waals surface area (Å²) in [6.45, 7) is 2.38. The van der Waals surface area contributed by atoms with E-state index in [9.17, 15) is 9.59 Å². The number of para-hydroxylation sites is 1. The molecule has 0 radical (unpaired) electrons. The first-order chi connectivity index (χ1) is 13.2. The molecule has 0 fully saturated rings. The van der Waals surface area contributed by atoms with Crippen molar-refractivity contribution in [2.45, 2.75) is 18.6 Å². The van der Waals surface area contributed by atoms with Gasteiger partial charge in [0.05, 0.1) is 34.1 Å². The summed E-state index contributed by atoms with van der Waals surface area (Å²) in [6.07, 6.45) is 0. The van der Waals surface area contributed by atoms with Gasteiger partial charge in [0.25, 0.3) is 5.56 Å². The number of anilines is 1. The number of benzene rings is 2. The molecule has 0 aliphatic heterocycles. The minimum Gasteiger partial charge on any atom is -0.323 e. The molecule has 9 heteroatoms. The zero-order chi connectivity index (χ0) is 18.8. The maximum absolute atomic E-state index is 12.6. The van der Waals surface area contributed by atoms with E-state index >= 15 is 0 Å². The zero-order valence-electron chi connectivity index (χ0n) is 14.4. The second-order valence-electron chi connectivity index (χ2n) is 5.74. The average Bonchev–Trinajstić information content (AvgIpc) is 3.16. The predicted octanol–water partition coefficient (Wildman–Crippen LogP) is 3.15. The number of hydrogen-bond donors (Lipinski definition) is 1. The summed E-state index contributed by atoms with van der Waals surface area (Å²) in [7, 11) is 0. The average molecular weight is 397 g/mol. The summed E-state index contributed by atoms with van der Waals surface area (Å²) in [5.74, 6) is -0.0517. The van der Waals surface area contributed by atoms with Crippen molar-refractivity contribution in [1.29, 1.82) is 0 Å². The van der Waals surface area contributed by atoms with Crippen molar-refractivity contribution in [1.82, 2.24) is 18.3 Å². The summed E-state index contributed by atoms with van der Waals surface area (Å²) in [5.41, 5.74) is 2.60. The molecular formula is C18H15N5O2S2. The van der Waals surface area contributed by atoms with Crippen LogP contribution in [0, 0.1) is 0 Å². The van der Waals surface area contributed by atoms with E-state index in [1.165, 1.54) is 11.8 Å². The highest BCUT2D eigenvalue weighted by Gasteiger charge is 2.13. The standard InChI is InChI=1S/C18H15N5O2S2/c1-2-23-17(25)11-6-3-4-7-12(11)20-18(23)26-10-15(24)19-13-8-5-9-14-16(13)22-27-21-14/h3-9H,2,10H2,1H3,(H,19,24). The lowest BCUT2D eigenvalue weighted by molar-refractivity contribution is -0.113. The molecule has 2 aromatic carbocycles. The Hall–Kier alpha value is -2.78. The van der Waals surface area contributed by atoms with E-state index < -0.39 is 0 Å². The van der Waals surface area contributed by atoms with Crippen molar-refractivity contribution in [3.8, 4) is 0 Å². The van der Waals surface area contributed by atoms with Crippen LogP contribution in [0.5, 0.6) is 0 Å². The summed E-state index contributed by atoms with van der Waals surface area (Å²) < 4.78 is 9.97. The third kappa shape index (κ3) is 3.43. The van der Waals surface area contributed by atoms with Gasteiger partial charge in [-0.3, -0.25) is 14.2 Å². The molecule has 1 N–H and O–H groups in total. The van der Waals surface area contributed by atoms with Crippen LogP contribution in [0.4, 0.5) is 5.69 Å². The first kappa shape index (κ1) is 17.6. The highest BCUT2D eigenvalue weighted by atomic mass is 32.2. The number of hydrogen-bond acceptors (Lipinski definition) is 7. The number of amides is 1. The normalized spacial score (nSPS) is 11.1. The molecule has 1 amide bonds. The molecule has 2 heterocycles. The zero-order valence-corrected chi connectivity index (χ0v) is 16.0. The van der Waals surface area contributed by atoms with Gasteiger partial charge < -0.3 is 5.32 Å². The van der Waals surface area contributed by atoms with Crippen LogP contribution in [0.2, 0.25) is 0 Å². The Morgan fingerprint density at radius 2 is 1.96 bits per heavy atom. The monoisotopic (exact) mass is 397 g/mol. The van der Waals surface area contributed by atoms with Gasteiger partial charge in [0.15, 0.2) is 5.16 Å². The molecule has 2 aromatic heterocycles. The Bertz CT molecular complexity index is 1200. The quantitative estimate of drug-likeness (QED) is 0.411. The van der Waals surface area contributed by atoms with Gasteiger partial charge in [0.2, 0.25) is 5.91 Å². The van der Waals surface area contributed by atoms with Crippen molar-refractivity contribution in [2.75, 3.05) is 11.1 Å². The van der Waals surface area contributed by atoms with Crippen LogP contribution < -0.4 is 10.9 Å². The minimum absolute atomic E-state index is 0.0932. The molecule has 0 aliphatic carbocycles. The maximum Gasteiger partial charge on any atom is 0.262 e. The lowest BCUT2D eigenvalue weighted by Crippen LogP contribution is -2.23. The second-order valence-corrected chi connectivity index (χ2v) is 7.21. The molecule has 4 aromatic rings. The van der Waals surface area contributed by atoms with Gasteiger partial charge in [-0.1, -0.05) is 30.0 Å². The number of carbonyl (C=O) groups excluding carboxylic acids is 1. The number of rotatable bonds is 5. The number of thioether (sulfide) groups is 1. The first-order valence-electron chi connectivity index (χ1n) is 8.31. The summed E-state index contributed by atoms with van der Waals surface area (Å²) >= 11 is 2.35. The van der Waals surface area contributed by atoms with Crippen molar-refractivity contribution < 1.29 is 4.79 Å². The van der Waals surface area contributed by atoms with Crippen LogP contribution in [-0.2, 0) is 11.3 Å². The lowest BCUT2D eigenvalue weighted by Gasteiger charge is -2.11. The molecule has 0 saturated heterocycles. The van der Waals surface area contributed by atoms with Gasteiger partial charge >= 0.3 is 0 Å². The fraction of sp³-hybridized carbons (Fsp3) is 0.167. The molecule has 136 valence electrons. The molecule has 0 spiro atoms. The molecule has 0 unspecified atom stereocenters. The summed E-state index contributed by atoms with van der Waals surface area (Å²) in [4.78, 5) is 29.6. The SMILES string of the molecule is CCn1c(SCC(=O)Nc2cccc3nsnc23)nc2ccccc2c1=O. The van der Waals surface area contributed by atoms with Gasteiger partial charge in [0, 0.05) is 6.54 Å². The number of carbonyl (C=O) groups is 1. The maximum atomic E-state index is 12.6. The van der Waals surface area contributed by atoms with Gasteiger partial charge in [0.1, 0.15) is 11.0 Å². The fourth-order valence-electron chi connectivity index (χ4n) is 2.76. The Balaban J connectivity index is 1.55. The van der Waals surface area contributed by atoms with Gasteiger partial charge in [-0.05, 0) is 31.2 Å². The topological polar surface area (TPSA) is 89.8 Å². The van der Waals surface area contributed by atoms with Crippen LogP contribution in [0.3, 0.4) is 0 Å².